The van der Waals surface area contributed by atoms with Crippen molar-refractivity contribution in [1.82, 2.24) is 0 Å². The summed E-state index contributed by atoms with van der Waals surface area (Å²) >= 11 is -5.09. The number of carbonyl (C=O) groups excluding carboxylic acids is 1. The molecule has 0 saturated carbocycles. The van der Waals surface area contributed by atoms with Gasteiger partial charge >= 0.3 is 94.3 Å². The van der Waals surface area contributed by atoms with Gasteiger partial charge in [0, 0.05) is 6.21 Å². The maximum atomic E-state index is 12.4. The standard InChI is InChI=1S/C11H10F3NO.C8H10AsNO5/c1-10(2)6-15-8-5-7(11(12,13)14)3-4-9(8)16-10;1-5(11)10-6-2-3-7(8(12)4-6)9(13,14)15/h3-6H,1-2H3;2-4,12H,1H3,(H,10,11)(H2,13,14,15). The van der Waals surface area contributed by atoms with Crippen molar-refractivity contribution in [2.75, 3.05) is 5.32 Å². The third-order valence-corrected chi connectivity index (χ3v) is 5.89. The van der Waals surface area contributed by atoms with Crippen LogP contribution in [0.15, 0.2) is 41.4 Å². The minimum Gasteiger partial charge on any atom is -0.480 e. The van der Waals surface area contributed by atoms with Gasteiger partial charge in [-0.25, -0.2) is 0 Å². The maximum absolute atomic E-state index is 12.4. The molecule has 31 heavy (non-hydrogen) atoms. The maximum Gasteiger partial charge on any atom is 0.416 e. The molecule has 0 radical (unpaired) electrons. The summed E-state index contributed by atoms with van der Waals surface area (Å²) in [5.74, 6) is -0.474. The van der Waals surface area contributed by atoms with Crippen LogP contribution in [0.4, 0.5) is 24.5 Å². The molecule has 0 fully saturated rings. The van der Waals surface area contributed by atoms with E-state index in [4.69, 9.17) is 12.9 Å². The first-order valence-electron chi connectivity index (χ1n) is 8.71. The summed E-state index contributed by atoms with van der Waals surface area (Å²) in [4.78, 5) is 14.6. The number of aromatic hydroxyl groups is 1. The van der Waals surface area contributed by atoms with E-state index in [1.165, 1.54) is 25.3 Å². The van der Waals surface area contributed by atoms with Gasteiger partial charge in [-0.1, -0.05) is 0 Å². The van der Waals surface area contributed by atoms with Crippen LogP contribution in [0, 0.1) is 0 Å². The van der Waals surface area contributed by atoms with Gasteiger partial charge in [0.25, 0.3) is 0 Å². The van der Waals surface area contributed by atoms with Crippen LogP contribution in [0.3, 0.4) is 0 Å². The number of nitrogens with zero attached hydrogens (tertiary/aromatic N) is 1. The van der Waals surface area contributed by atoms with Crippen molar-refractivity contribution in [1.29, 1.82) is 0 Å². The van der Waals surface area contributed by atoms with Gasteiger partial charge in [0.05, 0.1) is 5.56 Å². The monoisotopic (exact) mass is 504 g/mol. The first-order valence-corrected chi connectivity index (χ1v) is 12.1. The van der Waals surface area contributed by atoms with Crippen LogP contribution in [0.1, 0.15) is 26.3 Å². The molecule has 12 heteroatoms. The molecule has 4 N–H and O–H groups in total. The van der Waals surface area contributed by atoms with Crippen molar-refractivity contribution in [3.05, 3.63) is 42.0 Å². The quantitative estimate of drug-likeness (QED) is 0.466. The number of phenolic OH excluding ortho intramolecular Hbond substituents is 1. The molecule has 2 aromatic rings. The van der Waals surface area contributed by atoms with Crippen molar-refractivity contribution in [2.24, 2.45) is 4.99 Å². The fraction of sp³-hybridized carbons (Fsp3) is 0.263. The van der Waals surface area contributed by atoms with Crippen molar-refractivity contribution in [2.45, 2.75) is 32.5 Å². The third-order valence-electron chi connectivity index (χ3n) is 3.78. The number of rotatable bonds is 2. The number of amides is 1. The van der Waals surface area contributed by atoms with Gasteiger partial charge in [0.1, 0.15) is 17.0 Å². The average Bonchev–Trinajstić information content (AvgIpc) is 2.58. The average molecular weight is 504 g/mol. The molecule has 0 bridgehead atoms. The number of anilines is 1. The van der Waals surface area contributed by atoms with Gasteiger partial charge in [-0.05, 0) is 32.0 Å². The zero-order valence-electron chi connectivity index (χ0n) is 16.6. The second-order valence-electron chi connectivity index (χ2n) is 7.07. The summed E-state index contributed by atoms with van der Waals surface area (Å²) in [5, 5.41) is 11.7. The van der Waals surface area contributed by atoms with E-state index in [9.17, 15) is 26.8 Å². The summed E-state index contributed by atoms with van der Waals surface area (Å²) in [6.45, 7) is 4.87. The summed E-state index contributed by atoms with van der Waals surface area (Å²) in [7, 11) is 0. The molecule has 0 aromatic heterocycles. The van der Waals surface area contributed by atoms with E-state index in [0.29, 0.717) is 5.75 Å². The van der Waals surface area contributed by atoms with Crippen LogP contribution in [-0.2, 0) is 14.7 Å². The van der Waals surface area contributed by atoms with Crippen molar-refractivity contribution in [3.8, 4) is 11.5 Å². The number of phenols is 1. The molecule has 0 saturated heterocycles. The van der Waals surface area contributed by atoms with Crippen LogP contribution < -0.4 is 14.4 Å². The summed E-state index contributed by atoms with van der Waals surface area (Å²) in [6.07, 6.45) is -2.85. The van der Waals surface area contributed by atoms with E-state index in [1.807, 2.05) is 0 Å². The zero-order valence-corrected chi connectivity index (χ0v) is 18.5. The Bertz CT molecular complexity index is 1060. The Balaban J connectivity index is 0.000000221. The predicted octanol–water partition coefficient (Wildman–Crippen LogP) is 2.49. The van der Waals surface area contributed by atoms with Gasteiger partial charge in [-0.15, -0.1) is 0 Å². The number of hydrogen-bond donors (Lipinski definition) is 4. The van der Waals surface area contributed by atoms with Gasteiger partial charge in [-0.3, -0.25) is 4.99 Å². The Morgan fingerprint density at radius 1 is 1.16 bits per heavy atom. The first kappa shape index (κ1) is 24.5. The summed E-state index contributed by atoms with van der Waals surface area (Å²) < 4.78 is 71.0. The Morgan fingerprint density at radius 2 is 1.81 bits per heavy atom. The van der Waals surface area contributed by atoms with Crippen LogP contribution in [0.2, 0.25) is 0 Å². The van der Waals surface area contributed by atoms with Gasteiger partial charge in [-0.2, -0.15) is 13.2 Å². The number of hydrogen-bond acceptors (Lipinski definition) is 5. The number of carbonyl (C=O) groups is 1. The van der Waals surface area contributed by atoms with Crippen LogP contribution in [0.25, 0.3) is 0 Å². The zero-order chi connectivity index (χ0) is 23.6. The molecule has 168 valence electrons. The second-order valence-corrected chi connectivity index (χ2v) is 10.4. The van der Waals surface area contributed by atoms with Gasteiger partial charge in [0.2, 0.25) is 0 Å². The normalized spacial score (nSPS) is 14.6. The Morgan fingerprint density at radius 3 is 2.32 bits per heavy atom. The number of aliphatic imine (C=N–C) groups is 1. The number of nitrogens with one attached hydrogen (secondary N) is 1. The number of fused-ring (bicyclic) bond motifs is 1. The smallest absolute Gasteiger partial charge is 0.416 e. The molecule has 0 unspecified atom stereocenters. The van der Waals surface area contributed by atoms with E-state index in [2.05, 4.69) is 10.3 Å². The SMILES string of the molecule is CC(=O)Nc1ccc([As](=O)(O)O)c(O)c1.CC1(C)C=Nc2cc(C(F)(F)F)ccc2O1. The van der Waals surface area contributed by atoms with Gasteiger partial charge < -0.3 is 4.74 Å². The molecule has 1 aliphatic rings. The van der Waals surface area contributed by atoms with Crippen LogP contribution >= 0.6 is 0 Å². The molecule has 8 nitrogen and oxygen atoms in total. The molecule has 0 atom stereocenters. The Labute approximate surface area is 178 Å². The molecule has 3 rings (SSSR count). The fourth-order valence-electron chi connectivity index (χ4n) is 2.47. The van der Waals surface area contributed by atoms with E-state index in [-0.39, 0.29) is 17.3 Å². The second kappa shape index (κ2) is 8.78. The van der Waals surface area contributed by atoms with Gasteiger partial charge in [0.15, 0.2) is 0 Å². The molecular formula is C19H20AsF3N2O6. The van der Waals surface area contributed by atoms with Crippen LogP contribution in [0.5, 0.6) is 11.5 Å². The largest absolute Gasteiger partial charge is 0.480 e. The molecule has 0 aliphatic carbocycles. The number of alkyl halides is 3. The van der Waals surface area contributed by atoms with E-state index in [0.717, 1.165) is 24.3 Å². The molecule has 1 amide bonds. The molecule has 0 spiro atoms. The van der Waals surface area contributed by atoms with Crippen molar-refractivity contribution < 1.29 is 39.7 Å². The Kier molecular flexibility index (Phi) is 6.94. The number of ether oxygens (including phenoxy) is 1. The molecule has 2 aromatic carbocycles. The third kappa shape index (κ3) is 6.88. The minimum absolute atomic E-state index is 0.217. The fourth-order valence-corrected chi connectivity index (χ4v) is 3.79. The van der Waals surface area contributed by atoms with E-state index >= 15 is 0 Å². The first-order chi connectivity index (χ1) is 14.1. The molecular weight excluding hydrogens is 484 g/mol. The van der Waals surface area contributed by atoms with E-state index in [1.54, 1.807) is 13.8 Å². The summed E-state index contributed by atoms with van der Waals surface area (Å²) in [5.41, 5.74) is -0.791. The number of halogens is 3. The Hall–Kier alpha value is -2.75. The number of benzene rings is 2. The predicted molar refractivity (Wildman–Crippen MR) is 107 cm³/mol. The molecule has 1 heterocycles. The topological polar surface area (TPSA) is 128 Å². The van der Waals surface area contributed by atoms with Crippen molar-refractivity contribution >= 4 is 42.0 Å². The van der Waals surface area contributed by atoms with E-state index < -0.39 is 41.6 Å². The minimum atomic E-state index is -5.09. The summed E-state index contributed by atoms with van der Waals surface area (Å²) in [6, 6.07) is 6.79. The van der Waals surface area contributed by atoms with Crippen molar-refractivity contribution in [3.63, 3.8) is 0 Å². The molecule has 1 aliphatic heterocycles. The van der Waals surface area contributed by atoms with Crippen LogP contribution in [-0.4, -0.2) is 45.2 Å².